The number of carbonyl (C=O) groups is 2. The van der Waals surface area contributed by atoms with Crippen molar-refractivity contribution in [2.24, 2.45) is 40.9 Å². The molecular weight excluding hydrogens is 691 g/mol. The van der Waals surface area contributed by atoms with Gasteiger partial charge in [0.05, 0.1) is 6.61 Å². The van der Waals surface area contributed by atoms with Crippen LogP contribution in [0.2, 0.25) is 0 Å². The highest BCUT2D eigenvalue weighted by atomic mass is 16.5. The summed E-state index contributed by atoms with van der Waals surface area (Å²) in [5, 5.41) is 10.2. The third-order valence-corrected chi connectivity index (χ3v) is 11.6. The van der Waals surface area contributed by atoms with E-state index in [1.54, 1.807) is 6.92 Å². The molecule has 0 radical (unpaired) electrons. The van der Waals surface area contributed by atoms with Gasteiger partial charge in [0.2, 0.25) is 0 Å². The second kappa shape index (κ2) is 24.6. The normalized spacial score (nSPS) is 17.3. The van der Waals surface area contributed by atoms with Crippen molar-refractivity contribution < 1.29 is 14.3 Å². The van der Waals surface area contributed by atoms with E-state index in [0.29, 0.717) is 53.9 Å². The van der Waals surface area contributed by atoms with E-state index in [4.69, 9.17) is 4.74 Å². The van der Waals surface area contributed by atoms with Gasteiger partial charge >= 0.3 is 0 Å². The fourth-order valence-electron chi connectivity index (χ4n) is 9.05. The molecule has 0 saturated heterocycles. The SMILES string of the molecule is CCCCC(CC)CN1C(=O)C(=Cc2ccc(N(CCCC)CCCC)cc2OCC(CC(C)CC(C)CC(C)C)CC(C)CC(C)(C)C)C(C)=C(C#N)C1=O. The number of unbranched alkanes of at least 4 members (excludes halogenated alkanes) is 3. The predicted octanol–water partition coefficient (Wildman–Crippen LogP) is 13.5. The Morgan fingerprint density at radius 3 is 1.98 bits per heavy atom. The number of nitrogens with zero attached hydrogens (tertiary/aromatic N) is 3. The number of ether oxygens (including phenoxy) is 1. The van der Waals surface area contributed by atoms with E-state index in [1.165, 1.54) is 24.2 Å². The van der Waals surface area contributed by atoms with Crippen molar-refractivity contribution in [3.63, 3.8) is 0 Å². The number of anilines is 1. The molecule has 0 bridgehead atoms. The molecule has 1 aromatic carbocycles. The summed E-state index contributed by atoms with van der Waals surface area (Å²) in [6, 6.07) is 8.58. The van der Waals surface area contributed by atoms with Crippen LogP contribution < -0.4 is 9.64 Å². The molecule has 1 aliphatic rings. The van der Waals surface area contributed by atoms with Gasteiger partial charge < -0.3 is 9.64 Å². The minimum Gasteiger partial charge on any atom is -0.493 e. The van der Waals surface area contributed by atoms with E-state index in [-0.39, 0.29) is 22.8 Å². The van der Waals surface area contributed by atoms with Gasteiger partial charge in [0, 0.05) is 42.5 Å². The van der Waals surface area contributed by atoms with E-state index in [9.17, 15) is 14.9 Å². The Morgan fingerprint density at radius 2 is 1.43 bits per heavy atom. The number of carbonyl (C=O) groups excluding carboxylic acids is 2. The standard InChI is InChI=1S/C50H83N3O3/c1-14-18-21-41(17-4)34-53-48(54)45(40(10)46(33-51)49(53)55)30-43-22-23-44(52(24-19-15-2)25-20-16-3)31-47(43)56-35-42(29-39(9)32-50(11,12)13)28-38(8)27-37(7)26-36(5)6/h22-23,30-31,36-39,41-42H,14-21,24-29,32,34-35H2,1-13H3. The minimum atomic E-state index is -0.472. The van der Waals surface area contributed by atoms with Crippen LogP contribution in [0.15, 0.2) is 34.9 Å². The maximum absolute atomic E-state index is 14.3. The van der Waals surface area contributed by atoms with Crippen molar-refractivity contribution in [3.8, 4) is 11.8 Å². The van der Waals surface area contributed by atoms with Gasteiger partial charge in [-0.15, -0.1) is 0 Å². The molecular formula is C50H83N3O3. The highest BCUT2D eigenvalue weighted by molar-refractivity contribution is 6.19. The fraction of sp³-hybridized carbons (Fsp3) is 0.740. The summed E-state index contributed by atoms with van der Waals surface area (Å²) in [5.41, 5.74) is 3.11. The van der Waals surface area contributed by atoms with Gasteiger partial charge in [0.1, 0.15) is 17.4 Å². The number of rotatable bonds is 26. The molecule has 0 aromatic heterocycles. The van der Waals surface area contributed by atoms with Gasteiger partial charge in [0.15, 0.2) is 0 Å². The van der Waals surface area contributed by atoms with Crippen molar-refractivity contribution in [2.45, 2.75) is 173 Å². The summed E-state index contributed by atoms with van der Waals surface area (Å²) in [4.78, 5) is 31.7. The lowest BCUT2D eigenvalue weighted by atomic mass is 9.79. The van der Waals surface area contributed by atoms with Gasteiger partial charge in [-0.3, -0.25) is 14.5 Å². The van der Waals surface area contributed by atoms with Gasteiger partial charge in [-0.05, 0) is 123 Å². The molecule has 5 atom stereocenters. The van der Waals surface area contributed by atoms with Crippen LogP contribution in [-0.2, 0) is 9.59 Å². The Balaban J connectivity index is 2.67. The van der Waals surface area contributed by atoms with Gasteiger partial charge in [-0.2, -0.15) is 5.26 Å². The quantitative estimate of drug-likeness (QED) is 0.0692. The predicted molar refractivity (Wildman–Crippen MR) is 239 cm³/mol. The first-order chi connectivity index (χ1) is 26.5. The molecule has 56 heavy (non-hydrogen) atoms. The molecule has 0 aliphatic carbocycles. The number of hydrogen-bond acceptors (Lipinski definition) is 5. The second-order valence-electron chi connectivity index (χ2n) is 19.3. The summed E-state index contributed by atoms with van der Waals surface area (Å²) in [7, 11) is 0. The second-order valence-corrected chi connectivity index (χ2v) is 19.3. The van der Waals surface area contributed by atoms with Crippen LogP contribution in [-0.4, -0.2) is 43.0 Å². The third kappa shape index (κ3) is 16.4. The average molecular weight is 774 g/mol. The number of nitriles is 1. The zero-order valence-electron chi connectivity index (χ0n) is 38.4. The molecule has 0 N–H and O–H groups in total. The Hall–Kier alpha value is -3.07. The lowest BCUT2D eigenvalue weighted by Gasteiger charge is -2.31. The molecule has 1 heterocycles. The maximum atomic E-state index is 14.3. The zero-order chi connectivity index (χ0) is 42.0. The molecule has 6 nitrogen and oxygen atoms in total. The molecule has 2 amide bonds. The number of benzene rings is 1. The number of amides is 2. The summed E-state index contributed by atoms with van der Waals surface area (Å²) >= 11 is 0. The zero-order valence-corrected chi connectivity index (χ0v) is 38.4. The lowest BCUT2D eigenvalue weighted by molar-refractivity contribution is -0.141. The summed E-state index contributed by atoms with van der Waals surface area (Å²) in [6.45, 7) is 32.3. The van der Waals surface area contributed by atoms with Crippen LogP contribution in [0.5, 0.6) is 5.75 Å². The molecule has 0 fully saturated rings. The van der Waals surface area contributed by atoms with E-state index in [2.05, 4.69) is 112 Å². The highest BCUT2D eigenvalue weighted by Gasteiger charge is 2.36. The molecule has 0 spiro atoms. The molecule has 316 valence electrons. The summed E-state index contributed by atoms with van der Waals surface area (Å²) in [5.74, 6) is 3.12. The number of imide groups is 1. The molecule has 2 rings (SSSR count). The average Bonchev–Trinajstić information content (AvgIpc) is 3.11. The molecule has 6 heteroatoms. The monoisotopic (exact) mass is 774 g/mol. The van der Waals surface area contributed by atoms with Crippen LogP contribution in [0.4, 0.5) is 5.69 Å². The van der Waals surface area contributed by atoms with E-state index in [0.717, 1.165) is 94.3 Å². The van der Waals surface area contributed by atoms with Gasteiger partial charge in [0.25, 0.3) is 11.8 Å². The van der Waals surface area contributed by atoms with Crippen LogP contribution in [0.1, 0.15) is 179 Å². The summed E-state index contributed by atoms with van der Waals surface area (Å²) in [6.07, 6.45) is 16.2. The number of hydrogen-bond donors (Lipinski definition) is 0. The Bertz CT molecular complexity index is 1450. The Kier molecular flexibility index (Phi) is 21.6. The van der Waals surface area contributed by atoms with Crippen LogP contribution in [0, 0.1) is 52.3 Å². The topological polar surface area (TPSA) is 73.6 Å². The van der Waals surface area contributed by atoms with Crippen LogP contribution in [0.3, 0.4) is 0 Å². The Morgan fingerprint density at radius 1 is 0.821 bits per heavy atom. The van der Waals surface area contributed by atoms with Crippen molar-refractivity contribution >= 4 is 23.6 Å². The van der Waals surface area contributed by atoms with Crippen molar-refractivity contribution in [3.05, 3.63) is 40.5 Å². The fourth-order valence-corrected chi connectivity index (χ4v) is 9.05. The first-order valence-electron chi connectivity index (χ1n) is 22.7. The largest absolute Gasteiger partial charge is 0.493 e. The van der Waals surface area contributed by atoms with Crippen molar-refractivity contribution in [1.29, 1.82) is 5.26 Å². The maximum Gasteiger partial charge on any atom is 0.271 e. The highest BCUT2D eigenvalue weighted by Crippen LogP contribution is 2.36. The van der Waals surface area contributed by atoms with Crippen molar-refractivity contribution in [2.75, 3.05) is 31.1 Å². The van der Waals surface area contributed by atoms with Crippen LogP contribution >= 0.6 is 0 Å². The van der Waals surface area contributed by atoms with E-state index < -0.39 is 5.91 Å². The van der Waals surface area contributed by atoms with Gasteiger partial charge in [-0.1, -0.05) is 115 Å². The first-order valence-corrected chi connectivity index (χ1v) is 22.7. The molecule has 1 aromatic rings. The van der Waals surface area contributed by atoms with E-state index >= 15 is 0 Å². The molecule has 5 unspecified atom stereocenters. The third-order valence-electron chi connectivity index (χ3n) is 11.6. The minimum absolute atomic E-state index is 0.0548. The molecule has 0 saturated carbocycles. The summed E-state index contributed by atoms with van der Waals surface area (Å²) < 4.78 is 7.00. The van der Waals surface area contributed by atoms with Crippen LogP contribution in [0.25, 0.3) is 6.08 Å². The van der Waals surface area contributed by atoms with E-state index in [1.807, 2.05) is 6.08 Å². The molecule has 1 aliphatic heterocycles. The van der Waals surface area contributed by atoms with Crippen molar-refractivity contribution in [1.82, 2.24) is 4.90 Å². The smallest absolute Gasteiger partial charge is 0.271 e. The lowest BCUT2D eigenvalue weighted by Crippen LogP contribution is -2.45. The first kappa shape index (κ1) is 49.1. The van der Waals surface area contributed by atoms with Gasteiger partial charge in [-0.25, -0.2) is 0 Å². The Labute approximate surface area is 344 Å².